The Kier molecular flexibility index (Phi) is 12.4. The molecule has 4 aromatic carbocycles. The van der Waals surface area contributed by atoms with Gasteiger partial charge >= 0.3 is 0 Å². The zero-order valence-electron chi connectivity index (χ0n) is 34.1. The lowest BCUT2D eigenvalue weighted by Crippen LogP contribution is -2.54. The quantitative estimate of drug-likeness (QED) is 0.0579. The summed E-state index contributed by atoms with van der Waals surface area (Å²) in [4.78, 5) is 94.6. The van der Waals surface area contributed by atoms with Gasteiger partial charge in [0.25, 0.3) is 23.6 Å². The number of carbonyl (C=O) groups is 7. The lowest BCUT2D eigenvalue weighted by atomic mass is 9.89. The lowest BCUT2D eigenvalue weighted by Gasteiger charge is -2.32. The molecule has 0 radical (unpaired) electrons. The SMILES string of the molecule is O=C(CNc1cccc2c1C(=O)N(C1CCC(=O)NC1=O)C2=O)NCCCCNC(=O)c1ccc(-c2cc3c(Nc4ccccc4)c(C(=O)NC4CC(O)C4)cnc3cc2F)cc1F. The lowest BCUT2D eigenvalue weighted by molar-refractivity contribution is -0.136. The third-order valence-electron chi connectivity index (χ3n) is 11.3. The minimum absolute atomic E-state index is 0.0127. The van der Waals surface area contributed by atoms with E-state index < -0.39 is 65.1 Å². The molecule has 1 aromatic heterocycles. The van der Waals surface area contributed by atoms with E-state index in [1.54, 1.807) is 18.2 Å². The molecule has 2 fully saturated rings. The van der Waals surface area contributed by atoms with Crippen molar-refractivity contribution in [1.82, 2.24) is 31.2 Å². The third-order valence-corrected chi connectivity index (χ3v) is 11.3. The Morgan fingerprint density at radius 1 is 0.812 bits per heavy atom. The molecule has 3 heterocycles. The van der Waals surface area contributed by atoms with Gasteiger partial charge in [0.1, 0.15) is 17.7 Å². The molecule has 0 spiro atoms. The molecule has 0 bridgehead atoms. The molecule has 7 N–H and O–H groups in total. The highest BCUT2D eigenvalue weighted by Gasteiger charge is 2.45. The number of anilines is 3. The smallest absolute Gasteiger partial charge is 0.264 e. The molecule has 5 aromatic rings. The van der Waals surface area contributed by atoms with Crippen molar-refractivity contribution >= 4 is 69.3 Å². The maximum Gasteiger partial charge on any atom is 0.264 e. The zero-order valence-corrected chi connectivity index (χ0v) is 34.1. The topological polar surface area (TPSA) is 228 Å². The number of nitrogens with one attached hydrogen (secondary N) is 6. The number of benzene rings is 4. The Labute approximate surface area is 364 Å². The average Bonchev–Trinajstić information content (AvgIpc) is 3.52. The highest BCUT2D eigenvalue weighted by molar-refractivity contribution is 6.25. The summed E-state index contributed by atoms with van der Waals surface area (Å²) in [6.45, 7) is 0.156. The van der Waals surface area contributed by atoms with Crippen molar-refractivity contribution in [3.8, 4) is 11.1 Å². The van der Waals surface area contributed by atoms with E-state index in [4.69, 9.17) is 0 Å². The monoisotopic (exact) mass is 872 g/mol. The van der Waals surface area contributed by atoms with Crippen LogP contribution >= 0.6 is 0 Å². The second kappa shape index (κ2) is 18.4. The number of piperidine rings is 1. The molecule has 1 saturated heterocycles. The molecule has 18 heteroatoms. The molecule has 16 nitrogen and oxygen atoms in total. The molecule has 64 heavy (non-hydrogen) atoms. The second-order valence-electron chi connectivity index (χ2n) is 15.7. The van der Waals surface area contributed by atoms with Gasteiger partial charge in [-0.3, -0.25) is 48.8 Å². The van der Waals surface area contributed by atoms with Gasteiger partial charge in [-0.1, -0.05) is 30.3 Å². The van der Waals surface area contributed by atoms with Crippen LogP contribution in [-0.2, 0) is 14.4 Å². The third kappa shape index (κ3) is 8.98. The summed E-state index contributed by atoms with van der Waals surface area (Å²) >= 11 is 0. The number of carbonyl (C=O) groups excluding carboxylic acids is 7. The van der Waals surface area contributed by atoms with Crippen molar-refractivity contribution in [2.24, 2.45) is 0 Å². The van der Waals surface area contributed by atoms with Crippen LogP contribution in [0.15, 0.2) is 85.1 Å². The molecule has 1 saturated carbocycles. The number of amides is 7. The van der Waals surface area contributed by atoms with Gasteiger partial charge in [-0.05, 0) is 80.1 Å². The van der Waals surface area contributed by atoms with Crippen molar-refractivity contribution in [2.45, 2.75) is 56.7 Å². The number of pyridine rings is 1. The Morgan fingerprint density at radius 2 is 1.58 bits per heavy atom. The van der Waals surface area contributed by atoms with Crippen LogP contribution in [0, 0.1) is 11.6 Å². The van der Waals surface area contributed by atoms with Crippen LogP contribution < -0.4 is 31.9 Å². The molecule has 328 valence electrons. The Balaban J connectivity index is 0.846. The van der Waals surface area contributed by atoms with Crippen LogP contribution in [0.4, 0.5) is 25.8 Å². The van der Waals surface area contributed by atoms with E-state index in [0.717, 1.165) is 11.0 Å². The number of aromatic nitrogens is 1. The van der Waals surface area contributed by atoms with E-state index in [1.807, 2.05) is 18.2 Å². The van der Waals surface area contributed by atoms with Crippen LogP contribution in [-0.4, -0.2) is 94.2 Å². The summed E-state index contributed by atoms with van der Waals surface area (Å²) in [5.41, 5.74) is 1.69. The van der Waals surface area contributed by atoms with Gasteiger partial charge in [0, 0.05) is 60.1 Å². The first-order valence-corrected chi connectivity index (χ1v) is 20.7. The fourth-order valence-electron chi connectivity index (χ4n) is 7.92. The number of nitrogens with zero attached hydrogens (tertiary/aromatic N) is 2. The zero-order chi connectivity index (χ0) is 45.1. The van der Waals surface area contributed by atoms with E-state index in [9.17, 15) is 38.7 Å². The summed E-state index contributed by atoms with van der Waals surface area (Å²) < 4.78 is 31.2. The number of rotatable bonds is 15. The van der Waals surface area contributed by atoms with Crippen molar-refractivity contribution in [3.05, 3.63) is 119 Å². The van der Waals surface area contributed by atoms with Crippen LogP contribution in [0.5, 0.6) is 0 Å². The molecular weight excluding hydrogens is 831 g/mol. The first-order valence-electron chi connectivity index (χ1n) is 20.7. The summed E-state index contributed by atoms with van der Waals surface area (Å²) in [6, 6.07) is 18.7. The summed E-state index contributed by atoms with van der Waals surface area (Å²) in [5, 5.41) is 26.7. The van der Waals surface area contributed by atoms with Crippen LogP contribution in [0.1, 0.15) is 80.0 Å². The summed E-state index contributed by atoms with van der Waals surface area (Å²) in [5.74, 6) is -5.69. The fourth-order valence-corrected chi connectivity index (χ4v) is 7.92. The van der Waals surface area contributed by atoms with Gasteiger partial charge in [-0.25, -0.2) is 8.78 Å². The molecular formula is C46H42F2N8O8. The Morgan fingerprint density at radius 3 is 2.31 bits per heavy atom. The number of hydrogen-bond acceptors (Lipinski definition) is 11. The van der Waals surface area contributed by atoms with Crippen molar-refractivity contribution in [3.63, 3.8) is 0 Å². The largest absolute Gasteiger partial charge is 0.393 e. The van der Waals surface area contributed by atoms with Gasteiger partial charge in [-0.2, -0.15) is 0 Å². The first kappa shape index (κ1) is 43.1. The highest BCUT2D eigenvalue weighted by atomic mass is 19.1. The van der Waals surface area contributed by atoms with E-state index in [1.165, 1.54) is 42.6 Å². The normalized spacial score (nSPS) is 17.9. The van der Waals surface area contributed by atoms with Gasteiger partial charge in [0.05, 0.1) is 46.1 Å². The van der Waals surface area contributed by atoms with Crippen molar-refractivity contribution in [2.75, 3.05) is 30.3 Å². The standard InChI is InChI=1S/C46H42F2N8O8/c47-33-17-24(30-20-31-36(21-34(30)48)51-22-32(43(61)54-26-18-27(57)19-26)41(31)53-25-7-2-1-3-8-25)11-12-28(33)42(60)50-16-5-4-15-49-39(59)23-52-35-10-6-9-29-40(35)46(64)56(45(29)63)37-13-14-38(58)55-44(37)62/h1-3,6-12,17,20-22,26-27,37,52,57H,4-5,13-16,18-19,23H2,(H,49,59)(H,50,60)(H,51,53)(H,54,61)(H,55,58,62). The van der Waals surface area contributed by atoms with E-state index >= 15 is 8.78 Å². The molecule has 8 rings (SSSR count). The number of aliphatic hydroxyl groups is 1. The number of halogens is 2. The van der Waals surface area contributed by atoms with Crippen molar-refractivity contribution < 1.29 is 47.4 Å². The Hall–Kier alpha value is -7.60. The molecule has 3 aliphatic rings. The van der Waals surface area contributed by atoms with E-state index in [0.29, 0.717) is 42.4 Å². The first-order chi connectivity index (χ1) is 30.9. The molecule has 1 aliphatic carbocycles. The van der Waals surface area contributed by atoms with Crippen molar-refractivity contribution in [1.29, 1.82) is 0 Å². The fraction of sp³-hybridized carbons (Fsp3) is 0.261. The second-order valence-corrected chi connectivity index (χ2v) is 15.7. The van der Waals surface area contributed by atoms with Crippen LogP contribution in [0.2, 0.25) is 0 Å². The minimum Gasteiger partial charge on any atom is -0.393 e. The highest BCUT2D eigenvalue weighted by Crippen LogP contribution is 2.36. The number of imide groups is 2. The number of hydrogen-bond donors (Lipinski definition) is 7. The minimum atomic E-state index is -1.12. The van der Waals surface area contributed by atoms with Gasteiger partial charge in [-0.15, -0.1) is 0 Å². The number of aliphatic hydroxyl groups excluding tert-OH is 1. The van der Waals surface area contributed by atoms with Gasteiger partial charge in [0.15, 0.2) is 0 Å². The molecule has 1 atom stereocenters. The predicted molar refractivity (Wildman–Crippen MR) is 229 cm³/mol. The predicted octanol–water partition coefficient (Wildman–Crippen LogP) is 4.32. The maximum atomic E-state index is 15.6. The number of fused-ring (bicyclic) bond motifs is 2. The summed E-state index contributed by atoms with van der Waals surface area (Å²) in [6.07, 6.45) is 2.61. The molecule has 7 amide bonds. The number of unbranched alkanes of at least 4 members (excludes halogenated alkanes) is 1. The van der Waals surface area contributed by atoms with Crippen LogP contribution in [0.3, 0.4) is 0 Å². The average molecular weight is 873 g/mol. The number of para-hydroxylation sites is 1. The molecule has 1 unspecified atom stereocenters. The maximum absolute atomic E-state index is 15.6. The Bertz CT molecular complexity index is 2730. The van der Waals surface area contributed by atoms with E-state index in [-0.39, 0.29) is 83.1 Å². The van der Waals surface area contributed by atoms with Crippen LogP contribution in [0.25, 0.3) is 22.0 Å². The van der Waals surface area contributed by atoms with Gasteiger partial charge in [0.2, 0.25) is 17.7 Å². The molecule has 2 aliphatic heterocycles. The summed E-state index contributed by atoms with van der Waals surface area (Å²) in [7, 11) is 0. The van der Waals surface area contributed by atoms with Gasteiger partial charge < -0.3 is 31.7 Å². The van der Waals surface area contributed by atoms with E-state index in [2.05, 4.69) is 36.9 Å².